The monoisotopic (exact) mass is 428 g/mol. The molecule has 0 spiro atoms. The van der Waals surface area contributed by atoms with Crippen molar-refractivity contribution in [1.82, 2.24) is 9.55 Å². The smallest absolute Gasteiger partial charge is 0.141 e. The molecule has 0 radical (unpaired) electrons. The van der Waals surface area contributed by atoms with E-state index in [1.165, 1.54) is 16.6 Å². The van der Waals surface area contributed by atoms with Crippen LogP contribution in [0.3, 0.4) is 0 Å². The molecule has 0 aliphatic rings. The average molecular weight is 429 g/mol. The minimum Gasteiger partial charge on any atom is -0.497 e. The highest BCUT2D eigenvalue weighted by Gasteiger charge is 2.13. The Labute approximate surface area is 190 Å². The van der Waals surface area contributed by atoms with Crippen LogP contribution in [0.1, 0.15) is 43.7 Å². The van der Waals surface area contributed by atoms with E-state index in [1.807, 2.05) is 18.2 Å². The number of rotatable bonds is 9. The fraction of sp³-hybridized carbons (Fsp3) is 0.321. The van der Waals surface area contributed by atoms with Crippen LogP contribution < -0.4 is 9.47 Å². The highest BCUT2D eigenvalue weighted by atomic mass is 16.5. The second-order valence-electron chi connectivity index (χ2n) is 8.56. The molecule has 1 aromatic heterocycles. The van der Waals surface area contributed by atoms with Gasteiger partial charge >= 0.3 is 0 Å². The normalized spacial score (nSPS) is 11.3. The molecule has 0 saturated heterocycles. The fourth-order valence-corrected chi connectivity index (χ4v) is 4.06. The highest BCUT2D eigenvalue weighted by molar-refractivity contribution is 5.80. The Morgan fingerprint density at radius 3 is 2.47 bits per heavy atom. The first-order chi connectivity index (χ1) is 15.6. The minimum absolute atomic E-state index is 0.454. The van der Waals surface area contributed by atoms with Crippen LogP contribution >= 0.6 is 0 Å². The van der Waals surface area contributed by atoms with E-state index < -0.39 is 0 Å². The zero-order valence-corrected chi connectivity index (χ0v) is 19.5. The summed E-state index contributed by atoms with van der Waals surface area (Å²) in [6.45, 7) is 8.15. The molecule has 0 fully saturated rings. The van der Waals surface area contributed by atoms with Crippen molar-refractivity contribution >= 4 is 11.0 Å². The lowest BCUT2D eigenvalue weighted by molar-refractivity contribution is 0.299. The molecule has 1 heterocycles. The van der Waals surface area contributed by atoms with Gasteiger partial charge in [0.05, 0.1) is 24.8 Å². The number of aromatic nitrogens is 2. The standard InChI is InChI=1S/C28H32N2O2/c1-20(2)24-16-11-21(3)19-27(24)32-18-8-7-17-30-26-10-6-5-9-25(26)29-28(30)22-12-14-23(31-4)15-13-22/h5-6,9-16,19-20H,7-8,17-18H2,1-4H3. The van der Waals surface area contributed by atoms with Crippen molar-refractivity contribution < 1.29 is 9.47 Å². The summed E-state index contributed by atoms with van der Waals surface area (Å²) in [6.07, 6.45) is 2.01. The Bertz CT molecular complexity index is 1180. The maximum atomic E-state index is 6.19. The zero-order chi connectivity index (χ0) is 22.5. The number of benzene rings is 3. The largest absolute Gasteiger partial charge is 0.497 e. The molecule has 4 nitrogen and oxygen atoms in total. The van der Waals surface area contributed by atoms with Gasteiger partial charge in [-0.25, -0.2) is 4.98 Å². The summed E-state index contributed by atoms with van der Waals surface area (Å²) in [4.78, 5) is 4.92. The summed E-state index contributed by atoms with van der Waals surface area (Å²) in [5, 5.41) is 0. The number of aryl methyl sites for hydroxylation is 2. The maximum Gasteiger partial charge on any atom is 0.141 e. The van der Waals surface area contributed by atoms with Crippen molar-refractivity contribution in [2.75, 3.05) is 13.7 Å². The second-order valence-corrected chi connectivity index (χ2v) is 8.56. The molecular weight excluding hydrogens is 396 g/mol. The maximum absolute atomic E-state index is 6.19. The van der Waals surface area contributed by atoms with Gasteiger partial charge in [-0.3, -0.25) is 0 Å². The summed E-state index contributed by atoms with van der Waals surface area (Å²) in [7, 11) is 1.69. The predicted molar refractivity (Wildman–Crippen MR) is 132 cm³/mol. The van der Waals surface area contributed by atoms with Gasteiger partial charge in [0, 0.05) is 12.1 Å². The molecule has 32 heavy (non-hydrogen) atoms. The van der Waals surface area contributed by atoms with E-state index in [9.17, 15) is 0 Å². The van der Waals surface area contributed by atoms with E-state index in [-0.39, 0.29) is 0 Å². The molecule has 4 heteroatoms. The summed E-state index contributed by atoms with van der Waals surface area (Å²) < 4.78 is 13.8. The number of hydrogen-bond acceptors (Lipinski definition) is 3. The van der Waals surface area contributed by atoms with E-state index in [4.69, 9.17) is 14.5 Å². The van der Waals surface area contributed by atoms with Gasteiger partial charge in [-0.1, -0.05) is 38.1 Å². The van der Waals surface area contributed by atoms with Crippen molar-refractivity contribution in [2.45, 2.75) is 46.1 Å². The van der Waals surface area contributed by atoms with Crippen LogP contribution in [-0.2, 0) is 6.54 Å². The van der Waals surface area contributed by atoms with E-state index in [0.717, 1.165) is 47.8 Å². The van der Waals surface area contributed by atoms with Crippen LogP contribution in [0.4, 0.5) is 0 Å². The van der Waals surface area contributed by atoms with Gasteiger partial charge in [0.2, 0.25) is 0 Å². The third-order valence-electron chi connectivity index (χ3n) is 5.83. The molecular formula is C28H32N2O2. The van der Waals surface area contributed by atoms with Crippen LogP contribution in [-0.4, -0.2) is 23.3 Å². The molecule has 0 amide bonds. The number of para-hydroxylation sites is 2. The number of hydrogen-bond donors (Lipinski definition) is 0. The lowest BCUT2D eigenvalue weighted by Crippen LogP contribution is -2.05. The van der Waals surface area contributed by atoms with Crippen LogP contribution in [0.25, 0.3) is 22.4 Å². The predicted octanol–water partition coefficient (Wildman–Crippen LogP) is 7.00. The minimum atomic E-state index is 0.454. The Morgan fingerprint density at radius 1 is 0.938 bits per heavy atom. The number of unbranched alkanes of at least 4 members (excludes halogenated alkanes) is 1. The molecule has 0 aliphatic heterocycles. The van der Waals surface area contributed by atoms with Crippen molar-refractivity contribution in [3.8, 4) is 22.9 Å². The van der Waals surface area contributed by atoms with Gasteiger partial charge < -0.3 is 14.0 Å². The molecule has 0 bridgehead atoms. The number of fused-ring (bicyclic) bond motifs is 1. The lowest BCUT2D eigenvalue weighted by Gasteiger charge is -2.15. The van der Waals surface area contributed by atoms with E-state index in [2.05, 4.69) is 73.9 Å². The van der Waals surface area contributed by atoms with Crippen LogP contribution in [0, 0.1) is 6.92 Å². The summed E-state index contributed by atoms with van der Waals surface area (Å²) >= 11 is 0. The SMILES string of the molecule is COc1ccc(-c2nc3ccccc3n2CCCCOc2cc(C)ccc2C(C)C)cc1. The number of nitrogens with zero attached hydrogens (tertiary/aromatic N) is 2. The second kappa shape index (κ2) is 9.90. The summed E-state index contributed by atoms with van der Waals surface area (Å²) in [5.74, 6) is 3.32. The molecule has 4 rings (SSSR count). The zero-order valence-electron chi connectivity index (χ0n) is 19.5. The molecule has 0 unspecified atom stereocenters. The third-order valence-corrected chi connectivity index (χ3v) is 5.83. The first kappa shape index (κ1) is 21.9. The molecule has 0 atom stereocenters. The topological polar surface area (TPSA) is 36.3 Å². The van der Waals surface area contributed by atoms with E-state index in [1.54, 1.807) is 7.11 Å². The van der Waals surface area contributed by atoms with Gasteiger partial charge in [-0.2, -0.15) is 0 Å². The first-order valence-corrected chi connectivity index (χ1v) is 11.4. The van der Waals surface area contributed by atoms with Crippen molar-refractivity contribution in [1.29, 1.82) is 0 Å². The van der Waals surface area contributed by atoms with Gasteiger partial charge in [0.15, 0.2) is 0 Å². The Kier molecular flexibility index (Phi) is 6.79. The Hall–Kier alpha value is -3.27. The molecule has 0 saturated carbocycles. The van der Waals surface area contributed by atoms with Gasteiger partial charge in [0.1, 0.15) is 17.3 Å². The first-order valence-electron chi connectivity index (χ1n) is 11.4. The molecule has 0 N–H and O–H groups in total. The fourth-order valence-electron chi connectivity index (χ4n) is 4.06. The summed E-state index contributed by atoms with van der Waals surface area (Å²) in [6, 6.07) is 23.0. The number of methoxy groups -OCH3 is 1. The molecule has 4 aromatic rings. The molecule has 3 aromatic carbocycles. The van der Waals surface area contributed by atoms with Crippen LogP contribution in [0.2, 0.25) is 0 Å². The highest BCUT2D eigenvalue weighted by Crippen LogP contribution is 2.29. The Balaban J connectivity index is 1.46. The van der Waals surface area contributed by atoms with Crippen LogP contribution in [0.15, 0.2) is 66.7 Å². The van der Waals surface area contributed by atoms with Crippen molar-refractivity contribution in [2.24, 2.45) is 0 Å². The number of imidazole rings is 1. The molecule has 0 aliphatic carbocycles. The number of ether oxygens (including phenoxy) is 2. The van der Waals surface area contributed by atoms with Gasteiger partial charge in [0.25, 0.3) is 0 Å². The van der Waals surface area contributed by atoms with Crippen molar-refractivity contribution in [3.63, 3.8) is 0 Å². The van der Waals surface area contributed by atoms with Gasteiger partial charge in [-0.05, 0) is 79.3 Å². The van der Waals surface area contributed by atoms with Gasteiger partial charge in [-0.15, -0.1) is 0 Å². The van der Waals surface area contributed by atoms with Crippen molar-refractivity contribution in [3.05, 3.63) is 77.9 Å². The molecule has 166 valence electrons. The average Bonchev–Trinajstić information content (AvgIpc) is 3.17. The third kappa shape index (κ3) is 4.80. The van der Waals surface area contributed by atoms with E-state index in [0.29, 0.717) is 12.5 Å². The lowest BCUT2D eigenvalue weighted by atomic mass is 10.0. The Morgan fingerprint density at radius 2 is 1.72 bits per heavy atom. The van der Waals surface area contributed by atoms with E-state index >= 15 is 0 Å². The van der Waals surface area contributed by atoms with Crippen LogP contribution in [0.5, 0.6) is 11.5 Å². The quantitative estimate of drug-likeness (QED) is 0.269. The summed E-state index contributed by atoms with van der Waals surface area (Å²) in [5.41, 5.74) is 5.80.